The molecule has 0 bridgehead atoms. The van der Waals surface area contributed by atoms with Crippen LogP contribution in [0.4, 0.5) is 0 Å². The monoisotopic (exact) mass is 743 g/mol. The lowest BCUT2D eigenvalue weighted by molar-refractivity contribution is -0.256. The molecule has 0 aromatic carbocycles. The summed E-state index contributed by atoms with van der Waals surface area (Å²) >= 11 is 0. The van der Waals surface area contributed by atoms with Crippen molar-refractivity contribution in [3.63, 3.8) is 0 Å². The molecular weight excluding hydrogens is 674 g/mol. The van der Waals surface area contributed by atoms with Crippen molar-refractivity contribution in [2.45, 2.75) is 161 Å². The zero-order valence-corrected chi connectivity index (χ0v) is 33.6. The third-order valence-electron chi connectivity index (χ3n) is 18.1. The third kappa shape index (κ3) is 5.41. The van der Waals surface area contributed by atoms with Crippen molar-refractivity contribution in [1.29, 1.82) is 0 Å². The maximum atomic E-state index is 13.4. The van der Waals surface area contributed by atoms with Gasteiger partial charge in [-0.3, -0.25) is 9.69 Å². The van der Waals surface area contributed by atoms with Gasteiger partial charge in [0.05, 0.1) is 68.3 Å². The fourth-order valence-corrected chi connectivity index (χ4v) is 15.2. The number of hydrogen-bond donors (Lipinski definition) is 2. The van der Waals surface area contributed by atoms with Gasteiger partial charge in [-0.1, -0.05) is 34.6 Å². The van der Waals surface area contributed by atoms with Crippen molar-refractivity contribution in [3.8, 4) is 0 Å². The summed E-state index contributed by atoms with van der Waals surface area (Å²) < 4.78 is 37.3. The van der Waals surface area contributed by atoms with E-state index in [1.54, 1.807) is 13.8 Å². The highest BCUT2D eigenvalue weighted by Crippen LogP contribution is 2.89. The first-order chi connectivity index (χ1) is 25.1. The SMILES string of the molecule is C[C@@H]1CC(C(OC(=O)C2CCOCC2)C(C)(C)O)OC2[C@H]1C1(C)CCC34CC35CCC(O[C@H]3CN(C6COC6)CCO3)C(C)(C)[C@@H]5CCC4[C@]1(C)[C@H]2O. The quantitative estimate of drug-likeness (QED) is 0.331. The number of aliphatic hydroxyl groups is 2. The van der Waals surface area contributed by atoms with Crippen molar-refractivity contribution in [3.05, 3.63) is 0 Å². The summed E-state index contributed by atoms with van der Waals surface area (Å²) in [6.45, 7) is 20.9. The Labute approximate surface area is 317 Å². The molecule has 4 saturated heterocycles. The third-order valence-corrected chi connectivity index (χ3v) is 18.1. The van der Waals surface area contributed by atoms with Gasteiger partial charge in [-0.2, -0.15) is 0 Å². The number of carbonyl (C=O) groups excluding carboxylic acids is 1. The summed E-state index contributed by atoms with van der Waals surface area (Å²) in [6.07, 6.45) is 7.91. The van der Waals surface area contributed by atoms with E-state index in [4.69, 9.17) is 28.4 Å². The second kappa shape index (κ2) is 12.8. The Morgan fingerprint density at radius 2 is 1.64 bits per heavy atom. The average molecular weight is 744 g/mol. The van der Waals surface area contributed by atoms with Gasteiger partial charge in [-0.15, -0.1) is 0 Å². The van der Waals surface area contributed by atoms with Gasteiger partial charge in [0.2, 0.25) is 0 Å². The van der Waals surface area contributed by atoms with Crippen molar-refractivity contribution in [2.75, 3.05) is 46.1 Å². The van der Waals surface area contributed by atoms with Crippen LogP contribution in [0.25, 0.3) is 0 Å². The molecule has 0 amide bonds. The largest absolute Gasteiger partial charge is 0.456 e. The van der Waals surface area contributed by atoms with E-state index in [1.807, 2.05) is 0 Å². The average Bonchev–Trinajstić information content (AvgIpc) is 3.72. The lowest BCUT2D eigenvalue weighted by Gasteiger charge is -2.64. The number of esters is 1. The molecule has 14 atom stereocenters. The molecule has 0 radical (unpaired) electrons. The number of carbonyl (C=O) groups is 1. The van der Waals surface area contributed by atoms with Crippen molar-refractivity contribution in [1.82, 2.24) is 4.90 Å². The van der Waals surface area contributed by atoms with Gasteiger partial charge in [0, 0.05) is 25.2 Å². The first kappa shape index (κ1) is 37.7. The Morgan fingerprint density at radius 1 is 0.925 bits per heavy atom. The van der Waals surface area contributed by atoms with Crippen LogP contribution in [0.5, 0.6) is 0 Å². The molecule has 2 spiro atoms. The molecule has 9 aliphatic rings. The molecule has 5 saturated carbocycles. The van der Waals surface area contributed by atoms with Crippen LogP contribution >= 0.6 is 0 Å². The Hall–Kier alpha value is -0.850. The standard InChI is InChI=1S/C43H69NO9/c1-25-20-28(36(39(4,5)47)53-37(46)26-11-17-48-18-12-26)51-34-33(25)40(6)14-15-43-24-42(43)13-10-31(52-32-21-44(16-19-50-32)27-22-49-23-27)38(2,3)29(42)8-9-30(43)41(40,7)35(34)45/h25-36,45,47H,8-24H2,1-7H3/t25-,28?,29+,30?,31?,32+,33+,34?,35+,36?,40?,41-,42?,43?/m1/s1. The topological polar surface area (TPSA) is 116 Å². The Bertz CT molecular complexity index is 1410. The molecule has 10 nitrogen and oxygen atoms in total. The van der Waals surface area contributed by atoms with E-state index in [1.165, 1.54) is 25.7 Å². The molecular formula is C43H69NO9. The summed E-state index contributed by atoms with van der Waals surface area (Å²) in [7, 11) is 0. The van der Waals surface area contributed by atoms with E-state index in [9.17, 15) is 15.0 Å². The molecule has 0 aromatic rings. The van der Waals surface area contributed by atoms with E-state index in [2.05, 4.69) is 39.5 Å². The van der Waals surface area contributed by atoms with Crippen LogP contribution in [0.3, 0.4) is 0 Å². The molecule has 2 N–H and O–H groups in total. The van der Waals surface area contributed by atoms with Crippen molar-refractivity contribution >= 4 is 5.97 Å². The minimum Gasteiger partial charge on any atom is -0.456 e. The van der Waals surface area contributed by atoms with Crippen LogP contribution < -0.4 is 0 Å². The maximum absolute atomic E-state index is 13.4. The number of hydrogen-bond acceptors (Lipinski definition) is 10. The van der Waals surface area contributed by atoms with Crippen LogP contribution in [-0.2, 0) is 33.2 Å². The van der Waals surface area contributed by atoms with Crippen molar-refractivity contribution < 1.29 is 43.4 Å². The van der Waals surface area contributed by atoms with Gasteiger partial charge in [-0.25, -0.2) is 0 Å². The molecule has 0 aromatic heterocycles. The summed E-state index contributed by atoms with van der Waals surface area (Å²) in [5.41, 5.74) is -1.04. The second-order valence-corrected chi connectivity index (χ2v) is 21.1. The van der Waals surface area contributed by atoms with E-state index in [0.29, 0.717) is 55.8 Å². The normalized spacial score (nSPS) is 50.4. The van der Waals surface area contributed by atoms with E-state index in [-0.39, 0.29) is 63.9 Å². The summed E-state index contributed by atoms with van der Waals surface area (Å²) in [4.78, 5) is 15.9. The Kier molecular flexibility index (Phi) is 9.13. The molecule has 4 heterocycles. The molecule has 4 aliphatic heterocycles. The first-order valence-corrected chi connectivity index (χ1v) is 21.5. The smallest absolute Gasteiger partial charge is 0.309 e. The van der Waals surface area contributed by atoms with Gasteiger partial charge in [-0.05, 0) is 123 Å². The highest BCUT2D eigenvalue weighted by atomic mass is 16.7. The highest BCUT2D eigenvalue weighted by Gasteiger charge is 2.84. The molecule has 10 heteroatoms. The number of rotatable bonds is 7. The lowest BCUT2D eigenvalue weighted by atomic mass is 9.41. The van der Waals surface area contributed by atoms with Crippen LogP contribution in [0.2, 0.25) is 0 Å². The number of fused-ring (bicyclic) bond motifs is 4. The van der Waals surface area contributed by atoms with Gasteiger partial charge in [0.15, 0.2) is 12.4 Å². The number of aliphatic hydroxyl groups excluding tert-OH is 1. The fourth-order valence-electron chi connectivity index (χ4n) is 15.2. The summed E-state index contributed by atoms with van der Waals surface area (Å²) in [5.74, 6) is 1.00. The molecule has 9 rings (SSSR count). The molecule has 5 aliphatic carbocycles. The molecule has 300 valence electrons. The van der Waals surface area contributed by atoms with Gasteiger partial charge >= 0.3 is 5.97 Å². The van der Waals surface area contributed by atoms with Crippen LogP contribution in [0.1, 0.15) is 113 Å². The van der Waals surface area contributed by atoms with E-state index in [0.717, 1.165) is 52.2 Å². The maximum Gasteiger partial charge on any atom is 0.309 e. The summed E-state index contributed by atoms with van der Waals surface area (Å²) in [6, 6.07) is 0.504. The summed E-state index contributed by atoms with van der Waals surface area (Å²) in [5, 5.41) is 24.2. The van der Waals surface area contributed by atoms with Gasteiger partial charge in [0.25, 0.3) is 0 Å². The van der Waals surface area contributed by atoms with Crippen molar-refractivity contribution in [2.24, 2.45) is 56.7 Å². The zero-order chi connectivity index (χ0) is 37.3. The molecule has 53 heavy (non-hydrogen) atoms. The zero-order valence-electron chi connectivity index (χ0n) is 33.6. The number of ether oxygens (including phenoxy) is 6. The number of morpholine rings is 1. The first-order valence-electron chi connectivity index (χ1n) is 21.5. The Balaban J connectivity index is 0.933. The van der Waals surface area contributed by atoms with E-state index < -0.39 is 23.9 Å². The molecule has 9 fully saturated rings. The van der Waals surface area contributed by atoms with Crippen LogP contribution in [0, 0.1) is 56.7 Å². The Morgan fingerprint density at radius 3 is 2.34 bits per heavy atom. The van der Waals surface area contributed by atoms with Gasteiger partial charge < -0.3 is 38.6 Å². The number of nitrogens with zero attached hydrogens (tertiary/aromatic N) is 1. The van der Waals surface area contributed by atoms with E-state index >= 15 is 0 Å². The lowest BCUT2D eigenvalue weighted by Crippen LogP contribution is -2.60. The minimum absolute atomic E-state index is 0.0426. The van der Waals surface area contributed by atoms with Crippen LogP contribution in [0.15, 0.2) is 0 Å². The minimum atomic E-state index is -1.28. The predicted octanol–water partition coefficient (Wildman–Crippen LogP) is 5.35. The predicted molar refractivity (Wildman–Crippen MR) is 197 cm³/mol. The second-order valence-electron chi connectivity index (χ2n) is 21.1. The van der Waals surface area contributed by atoms with Crippen LogP contribution in [-0.4, -0.2) is 116 Å². The highest BCUT2D eigenvalue weighted by molar-refractivity contribution is 5.72. The molecule has 8 unspecified atom stereocenters. The van der Waals surface area contributed by atoms with Gasteiger partial charge in [0.1, 0.15) is 0 Å². The fraction of sp³-hybridized carbons (Fsp3) is 0.977.